The summed E-state index contributed by atoms with van der Waals surface area (Å²) in [5, 5.41) is 11.7. The number of fused-ring (bicyclic) bond motifs is 1. The Morgan fingerprint density at radius 3 is 2.74 bits per heavy atom. The van der Waals surface area contributed by atoms with Crippen LogP contribution in [-0.4, -0.2) is 35.5 Å². The molecule has 0 saturated carbocycles. The average molecular weight is 351 g/mol. The van der Waals surface area contributed by atoms with Gasteiger partial charge in [0.2, 0.25) is 0 Å². The number of sulfone groups is 1. The Bertz CT molecular complexity index is 952. The smallest absolute Gasteiger partial charge is 0.150 e. The Hall–Kier alpha value is -1.89. The van der Waals surface area contributed by atoms with Crippen molar-refractivity contribution >= 4 is 32.3 Å². The van der Waals surface area contributed by atoms with Crippen LogP contribution < -0.4 is 0 Å². The van der Waals surface area contributed by atoms with Crippen LogP contribution in [0.3, 0.4) is 0 Å². The Morgan fingerprint density at radius 1 is 1.30 bits per heavy atom. The summed E-state index contributed by atoms with van der Waals surface area (Å²) in [6.45, 7) is 0. The van der Waals surface area contributed by atoms with Crippen molar-refractivity contribution in [3.63, 3.8) is 0 Å². The summed E-state index contributed by atoms with van der Waals surface area (Å²) in [4.78, 5) is 7.42. The number of pyridine rings is 1. The van der Waals surface area contributed by atoms with Crippen LogP contribution in [0.2, 0.25) is 5.02 Å². The molecular formula is C16H15ClN2O3S. The maximum Gasteiger partial charge on any atom is 0.150 e. The Balaban J connectivity index is 2.25. The number of aliphatic hydroxyl groups excluding tert-OH is 1. The topological polar surface area (TPSA) is 83.0 Å². The van der Waals surface area contributed by atoms with Gasteiger partial charge in [-0.05, 0) is 30.3 Å². The summed E-state index contributed by atoms with van der Waals surface area (Å²) >= 11 is 6.08. The van der Waals surface area contributed by atoms with Gasteiger partial charge in [-0.3, -0.25) is 4.98 Å². The van der Waals surface area contributed by atoms with E-state index in [1.54, 1.807) is 36.5 Å². The number of nitrogens with zero attached hydrogens (tertiary/aromatic N) is 1. The third-order valence-electron chi connectivity index (χ3n) is 3.50. The number of hydrogen-bond donors (Lipinski definition) is 2. The van der Waals surface area contributed by atoms with Crippen molar-refractivity contribution in [2.45, 2.75) is 6.10 Å². The first-order chi connectivity index (χ1) is 10.8. The quantitative estimate of drug-likeness (QED) is 0.757. The van der Waals surface area contributed by atoms with Crippen molar-refractivity contribution in [1.29, 1.82) is 0 Å². The number of benzene rings is 1. The second-order valence-corrected chi connectivity index (χ2v) is 8.05. The summed E-state index contributed by atoms with van der Waals surface area (Å²) in [7, 11) is -3.33. The summed E-state index contributed by atoms with van der Waals surface area (Å²) in [6, 6.07) is 10.7. The van der Waals surface area contributed by atoms with E-state index in [1.807, 2.05) is 6.07 Å². The first kappa shape index (κ1) is 16.0. The number of aromatic nitrogens is 2. The summed E-state index contributed by atoms with van der Waals surface area (Å²) in [5.41, 5.74) is 2.49. The molecule has 0 aliphatic heterocycles. The van der Waals surface area contributed by atoms with Crippen LogP contribution in [0.15, 0.2) is 42.6 Å². The summed E-state index contributed by atoms with van der Waals surface area (Å²) in [5.74, 6) is -0.368. The van der Waals surface area contributed by atoms with Crippen molar-refractivity contribution in [2.75, 3.05) is 12.0 Å². The van der Waals surface area contributed by atoms with E-state index in [1.165, 1.54) is 0 Å². The molecule has 2 N–H and O–H groups in total. The number of H-pyrrole nitrogens is 1. The first-order valence-corrected chi connectivity index (χ1v) is 9.37. The lowest BCUT2D eigenvalue weighted by atomic mass is 10.0. The highest BCUT2D eigenvalue weighted by atomic mass is 35.5. The molecule has 7 heteroatoms. The highest BCUT2D eigenvalue weighted by Crippen LogP contribution is 2.36. The second-order valence-electron chi connectivity index (χ2n) is 5.43. The molecule has 23 heavy (non-hydrogen) atoms. The fraction of sp³-hybridized carbons (Fsp3) is 0.188. The van der Waals surface area contributed by atoms with E-state index in [-0.39, 0.29) is 5.75 Å². The Labute approximate surface area is 138 Å². The highest BCUT2D eigenvalue weighted by molar-refractivity contribution is 7.90. The molecule has 1 unspecified atom stereocenters. The number of halogens is 1. The van der Waals surface area contributed by atoms with E-state index in [0.717, 1.165) is 17.2 Å². The molecule has 0 fully saturated rings. The van der Waals surface area contributed by atoms with Crippen molar-refractivity contribution < 1.29 is 13.5 Å². The molecule has 0 saturated heterocycles. The zero-order valence-corrected chi connectivity index (χ0v) is 13.9. The third kappa shape index (κ3) is 3.39. The number of aliphatic hydroxyl groups is 1. The minimum Gasteiger partial charge on any atom is -0.386 e. The minimum atomic E-state index is -3.33. The van der Waals surface area contributed by atoms with E-state index in [4.69, 9.17) is 11.6 Å². The zero-order valence-electron chi connectivity index (χ0n) is 12.3. The lowest BCUT2D eigenvalue weighted by molar-refractivity contribution is 0.198. The van der Waals surface area contributed by atoms with E-state index >= 15 is 0 Å². The predicted octanol–water partition coefficient (Wildman–Crippen LogP) is 2.96. The van der Waals surface area contributed by atoms with Gasteiger partial charge >= 0.3 is 0 Å². The first-order valence-electron chi connectivity index (χ1n) is 6.93. The molecule has 0 spiro atoms. The molecule has 3 aromatic rings. The van der Waals surface area contributed by atoms with Crippen molar-refractivity contribution in [1.82, 2.24) is 9.97 Å². The maximum absolute atomic E-state index is 11.5. The van der Waals surface area contributed by atoms with Gasteiger partial charge < -0.3 is 10.1 Å². The van der Waals surface area contributed by atoms with E-state index < -0.39 is 15.9 Å². The van der Waals surface area contributed by atoms with Gasteiger partial charge in [0.25, 0.3) is 0 Å². The SMILES string of the molecule is CS(=O)(=O)CC(O)c1[nH]c2ccc(Cl)cc2c1-c1ccccn1. The molecule has 0 aliphatic rings. The molecule has 3 rings (SSSR count). The van der Waals surface area contributed by atoms with Gasteiger partial charge in [-0.1, -0.05) is 17.7 Å². The van der Waals surface area contributed by atoms with Gasteiger partial charge in [-0.25, -0.2) is 8.42 Å². The van der Waals surface area contributed by atoms with Crippen molar-refractivity contribution in [3.8, 4) is 11.3 Å². The monoisotopic (exact) mass is 350 g/mol. The van der Waals surface area contributed by atoms with Crippen molar-refractivity contribution in [3.05, 3.63) is 53.3 Å². The minimum absolute atomic E-state index is 0.368. The van der Waals surface area contributed by atoms with Gasteiger partial charge in [0.1, 0.15) is 15.9 Å². The van der Waals surface area contributed by atoms with Crippen LogP contribution in [0.5, 0.6) is 0 Å². The Morgan fingerprint density at radius 2 is 2.09 bits per heavy atom. The van der Waals surface area contributed by atoms with Crippen LogP contribution in [0, 0.1) is 0 Å². The lowest BCUT2D eigenvalue weighted by Gasteiger charge is -2.11. The van der Waals surface area contributed by atoms with Gasteiger partial charge in [-0.15, -0.1) is 0 Å². The van der Waals surface area contributed by atoms with Crippen molar-refractivity contribution in [2.24, 2.45) is 0 Å². The molecular weight excluding hydrogens is 336 g/mol. The number of nitrogens with one attached hydrogen (secondary N) is 1. The molecule has 2 heterocycles. The molecule has 2 aromatic heterocycles. The predicted molar refractivity (Wildman–Crippen MR) is 91.2 cm³/mol. The fourth-order valence-electron chi connectivity index (χ4n) is 2.59. The molecule has 120 valence electrons. The highest BCUT2D eigenvalue weighted by Gasteiger charge is 2.23. The maximum atomic E-state index is 11.5. The molecule has 1 atom stereocenters. The fourth-order valence-corrected chi connectivity index (χ4v) is 3.50. The zero-order chi connectivity index (χ0) is 16.6. The lowest BCUT2D eigenvalue weighted by Crippen LogP contribution is -2.13. The molecule has 1 aromatic carbocycles. The number of rotatable bonds is 4. The van der Waals surface area contributed by atoms with E-state index in [0.29, 0.717) is 22.0 Å². The Kier molecular flexibility index (Phi) is 4.14. The van der Waals surface area contributed by atoms with Gasteiger partial charge in [-0.2, -0.15) is 0 Å². The van der Waals surface area contributed by atoms with Crippen LogP contribution in [-0.2, 0) is 9.84 Å². The molecule has 0 bridgehead atoms. The standard InChI is InChI=1S/C16H15ClN2O3S/c1-23(21,22)9-14(20)16-15(13-4-2-3-7-18-13)11-8-10(17)5-6-12(11)19-16/h2-8,14,19-20H,9H2,1H3. The van der Waals surface area contributed by atoms with Crippen LogP contribution in [0.1, 0.15) is 11.8 Å². The molecule has 0 aliphatic carbocycles. The van der Waals surface area contributed by atoms with E-state index in [9.17, 15) is 13.5 Å². The third-order valence-corrected chi connectivity index (χ3v) is 4.66. The normalized spacial score (nSPS) is 13.3. The summed E-state index contributed by atoms with van der Waals surface area (Å²) in [6.07, 6.45) is 1.56. The van der Waals surface area contributed by atoms with Gasteiger partial charge in [0.05, 0.1) is 17.1 Å². The second kappa shape index (κ2) is 5.96. The molecule has 5 nitrogen and oxygen atoms in total. The van der Waals surface area contributed by atoms with Crippen LogP contribution >= 0.6 is 11.6 Å². The van der Waals surface area contributed by atoms with Crippen LogP contribution in [0.25, 0.3) is 22.2 Å². The largest absolute Gasteiger partial charge is 0.386 e. The number of hydrogen-bond acceptors (Lipinski definition) is 4. The number of aromatic amines is 1. The molecule has 0 radical (unpaired) electrons. The van der Waals surface area contributed by atoms with Gasteiger partial charge in [0, 0.05) is 33.9 Å². The summed E-state index contributed by atoms with van der Waals surface area (Å²) < 4.78 is 23.0. The average Bonchev–Trinajstić information content (AvgIpc) is 2.85. The van der Waals surface area contributed by atoms with Gasteiger partial charge in [0.15, 0.2) is 0 Å². The van der Waals surface area contributed by atoms with E-state index in [2.05, 4.69) is 9.97 Å². The van der Waals surface area contributed by atoms with Crippen LogP contribution in [0.4, 0.5) is 0 Å². The molecule has 0 amide bonds.